The van der Waals surface area contributed by atoms with Crippen LogP contribution >= 0.6 is 0 Å². The first-order valence-corrected chi connectivity index (χ1v) is 11.0. The van der Waals surface area contributed by atoms with E-state index < -0.39 is 5.82 Å². The van der Waals surface area contributed by atoms with Crippen LogP contribution in [0.3, 0.4) is 0 Å². The Morgan fingerprint density at radius 3 is 2.74 bits per heavy atom. The number of nitrogens with zero attached hydrogens (tertiary/aromatic N) is 4. The number of pyridine rings is 1. The van der Waals surface area contributed by atoms with Crippen molar-refractivity contribution in [2.75, 3.05) is 13.1 Å². The monoisotopic (exact) mass is 458 g/mol. The fourth-order valence-electron chi connectivity index (χ4n) is 4.44. The molecule has 172 valence electrons. The number of fused-ring (bicyclic) bond motifs is 1. The largest absolute Gasteiger partial charge is 0.454 e. The Balaban J connectivity index is 1.50. The van der Waals surface area contributed by atoms with Gasteiger partial charge >= 0.3 is 5.69 Å². The molecule has 1 aliphatic heterocycles. The number of carbonyl (C=O) groups is 1. The maximum absolute atomic E-state index is 14.3. The van der Waals surface area contributed by atoms with Crippen molar-refractivity contribution < 1.29 is 13.9 Å². The lowest BCUT2D eigenvalue weighted by molar-refractivity contribution is -0.125. The molecule has 8 heteroatoms. The summed E-state index contributed by atoms with van der Waals surface area (Å²) < 4.78 is 23.3. The van der Waals surface area contributed by atoms with Gasteiger partial charge in [-0.05, 0) is 61.4 Å². The number of aromatic nitrogens is 3. The summed E-state index contributed by atoms with van der Waals surface area (Å²) >= 11 is 0. The van der Waals surface area contributed by atoms with Crippen LogP contribution < -0.4 is 10.4 Å². The molecule has 0 saturated carbocycles. The minimum atomic E-state index is -0.405. The van der Waals surface area contributed by atoms with Gasteiger partial charge in [-0.1, -0.05) is 18.7 Å². The van der Waals surface area contributed by atoms with Crippen molar-refractivity contribution in [2.24, 2.45) is 0 Å². The Morgan fingerprint density at radius 2 is 1.97 bits per heavy atom. The third kappa shape index (κ3) is 3.67. The summed E-state index contributed by atoms with van der Waals surface area (Å²) in [5.74, 6) is 0.0576. The number of hydrogen-bond donors (Lipinski definition) is 0. The number of ether oxygens (including phenoxy) is 1. The highest BCUT2D eigenvalue weighted by Crippen LogP contribution is 2.29. The lowest BCUT2D eigenvalue weighted by atomic mass is 10.2. The summed E-state index contributed by atoms with van der Waals surface area (Å²) in [6.07, 6.45) is 5.28. The number of likely N-dealkylation sites (tertiary alicyclic amines) is 1. The van der Waals surface area contributed by atoms with Crippen LogP contribution in [0.4, 0.5) is 4.39 Å². The van der Waals surface area contributed by atoms with E-state index in [1.807, 2.05) is 6.07 Å². The van der Waals surface area contributed by atoms with Gasteiger partial charge in [0.1, 0.15) is 5.75 Å². The molecule has 0 unspecified atom stereocenters. The van der Waals surface area contributed by atoms with Crippen LogP contribution in [0, 0.1) is 12.7 Å². The number of imidazole rings is 1. The highest BCUT2D eigenvalue weighted by Gasteiger charge is 2.30. The van der Waals surface area contributed by atoms with Gasteiger partial charge in [0.2, 0.25) is 5.91 Å². The molecule has 2 aromatic heterocycles. The van der Waals surface area contributed by atoms with Gasteiger partial charge in [0.15, 0.2) is 11.6 Å². The molecule has 0 N–H and O–H groups in total. The molecular weight excluding hydrogens is 435 g/mol. The van der Waals surface area contributed by atoms with E-state index in [0.29, 0.717) is 42.0 Å². The summed E-state index contributed by atoms with van der Waals surface area (Å²) in [5, 5.41) is 0. The lowest BCUT2D eigenvalue weighted by Crippen LogP contribution is -2.31. The van der Waals surface area contributed by atoms with E-state index in [-0.39, 0.29) is 23.4 Å². The van der Waals surface area contributed by atoms with E-state index in [1.165, 1.54) is 6.08 Å². The van der Waals surface area contributed by atoms with E-state index in [9.17, 15) is 14.0 Å². The van der Waals surface area contributed by atoms with E-state index in [2.05, 4.69) is 11.6 Å². The minimum absolute atomic E-state index is 0.137. The smallest absolute Gasteiger partial charge is 0.334 e. The average molecular weight is 458 g/mol. The van der Waals surface area contributed by atoms with Gasteiger partial charge in [-0.2, -0.15) is 0 Å². The van der Waals surface area contributed by atoms with Crippen LogP contribution in [-0.2, 0) is 4.79 Å². The van der Waals surface area contributed by atoms with Gasteiger partial charge < -0.3 is 9.64 Å². The van der Waals surface area contributed by atoms with Gasteiger partial charge in [0.05, 0.1) is 29.0 Å². The SMILES string of the molecule is C=CC(=O)N1CC[C@@H](n2c(=O)n(-c3ccc(Oc4cccc(C)c4F)cc3)c3cnccc32)C1. The van der Waals surface area contributed by atoms with E-state index in [1.54, 1.807) is 75.8 Å². The molecule has 1 fully saturated rings. The Hall–Kier alpha value is -4.20. The molecule has 1 atom stereocenters. The number of aryl methyl sites for hydroxylation is 1. The molecule has 0 spiro atoms. The molecule has 1 amide bonds. The van der Waals surface area contributed by atoms with Gasteiger partial charge in [-0.3, -0.25) is 18.9 Å². The van der Waals surface area contributed by atoms with Crippen molar-refractivity contribution >= 4 is 16.9 Å². The normalized spacial score (nSPS) is 15.6. The lowest BCUT2D eigenvalue weighted by Gasteiger charge is -2.15. The average Bonchev–Trinajstić information content (AvgIpc) is 3.44. The first-order valence-electron chi connectivity index (χ1n) is 11.0. The van der Waals surface area contributed by atoms with Crippen molar-refractivity contribution in [1.29, 1.82) is 0 Å². The zero-order chi connectivity index (χ0) is 23.8. The fraction of sp³-hybridized carbons (Fsp3) is 0.192. The molecule has 5 rings (SSSR count). The predicted octanol–water partition coefficient (Wildman–Crippen LogP) is 4.39. The predicted molar refractivity (Wildman–Crippen MR) is 127 cm³/mol. The molecular formula is C26H23FN4O3. The van der Waals surface area contributed by atoms with Crippen LogP contribution in [0.1, 0.15) is 18.0 Å². The van der Waals surface area contributed by atoms with E-state index in [4.69, 9.17) is 4.74 Å². The number of rotatable bonds is 5. The van der Waals surface area contributed by atoms with Gasteiger partial charge in [-0.25, -0.2) is 9.18 Å². The Bertz CT molecular complexity index is 1460. The van der Waals surface area contributed by atoms with Crippen molar-refractivity contribution in [3.63, 3.8) is 0 Å². The molecule has 4 aromatic rings. The van der Waals surface area contributed by atoms with Crippen LogP contribution in [0.5, 0.6) is 11.5 Å². The van der Waals surface area contributed by atoms with E-state index >= 15 is 0 Å². The van der Waals surface area contributed by atoms with Gasteiger partial charge in [0.25, 0.3) is 0 Å². The van der Waals surface area contributed by atoms with Crippen molar-refractivity contribution in [1.82, 2.24) is 19.0 Å². The Kier molecular flexibility index (Phi) is 5.49. The second kappa shape index (κ2) is 8.62. The van der Waals surface area contributed by atoms with Crippen molar-refractivity contribution in [2.45, 2.75) is 19.4 Å². The number of carbonyl (C=O) groups excluding carboxylic acids is 1. The first kappa shape index (κ1) is 21.6. The summed E-state index contributed by atoms with van der Waals surface area (Å²) in [6, 6.07) is 13.5. The third-order valence-electron chi connectivity index (χ3n) is 6.17. The number of hydrogen-bond acceptors (Lipinski definition) is 4. The molecule has 3 heterocycles. The van der Waals surface area contributed by atoms with Crippen molar-refractivity contribution in [3.8, 4) is 17.2 Å². The zero-order valence-corrected chi connectivity index (χ0v) is 18.6. The van der Waals surface area contributed by atoms with Crippen LogP contribution in [0.25, 0.3) is 16.7 Å². The second-order valence-corrected chi connectivity index (χ2v) is 8.27. The molecule has 0 bridgehead atoms. The maximum Gasteiger partial charge on any atom is 0.334 e. The van der Waals surface area contributed by atoms with Gasteiger partial charge in [0, 0.05) is 19.3 Å². The third-order valence-corrected chi connectivity index (χ3v) is 6.17. The van der Waals surface area contributed by atoms with Crippen LogP contribution in [0.15, 0.2) is 78.4 Å². The first-order chi connectivity index (χ1) is 16.5. The molecule has 34 heavy (non-hydrogen) atoms. The Morgan fingerprint density at radius 1 is 1.18 bits per heavy atom. The Labute approximate surface area is 195 Å². The summed E-state index contributed by atoms with van der Waals surface area (Å²) in [6.45, 7) is 6.25. The topological polar surface area (TPSA) is 69.4 Å². The molecule has 1 saturated heterocycles. The quantitative estimate of drug-likeness (QED) is 0.416. The second-order valence-electron chi connectivity index (χ2n) is 8.27. The van der Waals surface area contributed by atoms with Crippen LogP contribution in [0.2, 0.25) is 0 Å². The molecule has 7 nitrogen and oxygen atoms in total. The minimum Gasteiger partial charge on any atom is -0.454 e. The highest BCUT2D eigenvalue weighted by atomic mass is 19.1. The summed E-state index contributed by atoms with van der Waals surface area (Å²) in [4.78, 5) is 31.5. The number of benzene rings is 2. The van der Waals surface area contributed by atoms with E-state index in [0.717, 1.165) is 5.52 Å². The highest BCUT2D eigenvalue weighted by molar-refractivity contribution is 5.87. The maximum atomic E-state index is 14.3. The van der Waals surface area contributed by atoms with Crippen LogP contribution in [-0.4, -0.2) is 38.0 Å². The molecule has 2 aromatic carbocycles. The molecule has 1 aliphatic rings. The summed E-state index contributed by atoms with van der Waals surface area (Å²) in [5.41, 5.74) is 2.34. The summed E-state index contributed by atoms with van der Waals surface area (Å²) in [7, 11) is 0. The molecule has 0 radical (unpaired) electrons. The van der Waals surface area contributed by atoms with Gasteiger partial charge in [-0.15, -0.1) is 0 Å². The zero-order valence-electron chi connectivity index (χ0n) is 18.6. The number of amides is 1. The van der Waals surface area contributed by atoms with Crippen molar-refractivity contribution in [3.05, 3.63) is 95.4 Å². The standard InChI is InChI=1S/C26H23FN4O3/c1-3-24(32)29-14-12-19(16-29)31-21-11-13-28-15-22(21)30(26(31)33)18-7-9-20(10-8-18)34-23-6-4-5-17(2)25(23)27/h3-11,13,15,19H,1,12,14,16H2,2H3/t19-/m1/s1. The number of halogens is 1. The molecule has 0 aliphatic carbocycles. The fourth-order valence-corrected chi connectivity index (χ4v) is 4.44.